The van der Waals surface area contributed by atoms with E-state index in [4.69, 9.17) is 14.2 Å². The van der Waals surface area contributed by atoms with E-state index in [1.807, 2.05) is 35.7 Å². The Labute approximate surface area is 165 Å². The maximum atomic E-state index is 12.9. The molecule has 140 valence electrons. The monoisotopic (exact) mass is 392 g/mol. The number of aliphatic hydroxyl groups is 1. The molecule has 0 aliphatic carbocycles. The Morgan fingerprint density at radius 3 is 2.61 bits per heavy atom. The molecule has 2 aliphatic heterocycles. The van der Waals surface area contributed by atoms with Crippen molar-refractivity contribution in [3.63, 3.8) is 0 Å². The number of esters is 1. The minimum atomic E-state index is -1.81. The van der Waals surface area contributed by atoms with Gasteiger partial charge in [0.25, 0.3) is 5.79 Å². The molecule has 1 N–H and O–H groups in total. The highest BCUT2D eigenvalue weighted by atomic mass is 32.1. The van der Waals surface area contributed by atoms with E-state index >= 15 is 0 Å². The van der Waals surface area contributed by atoms with Crippen molar-refractivity contribution in [2.75, 3.05) is 6.79 Å². The first-order chi connectivity index (χ1) is 13.6. The minimum absolute atomic E-state index is 0.151. The van der Waals surface area contributed by atoms with Crippen LogP contribution in [0.2, 0.25) is 0 Å². The van der Waals surface area contributed by atoms with E-state index in [2.05, 4.69) is 0 Å². The molecule has 6 heteroatoms. The maximum absolute atomic E-state index is 12.9. The van der Waals surface area contributed by atoms with Gasteiger partial charge in [0.05, 0.1) is 5.57 Å². The smallest absolute Gasteiger partial charge is 0.342 e. The third-order valence-electron chi connectivity index (χ3n) is 4.91. The van der Waals surface area contributed by atoms with Crippen LogP contribution in [0.25, 0.3) is 5.57 Å². The molecule has 0 saturated heterocycles. The second kappa shape index (κ2) is 6.51. The number of carbonyl (C=O) groups excluding carboxylic acids is 1. The van der Waals surface area contributed by atoms with E-state index in [9.17, 15) is 9.90 Å². The summed E-state index contributed by atoms with van der Waals surface area (Å²) in [6.45, 7) is 0.151. The van der Waals surface area contributed by atoms with E-state index in [-0.39, 0.29) is 6.79 Å². The van der Waals surface area contributed by atoms with Crippen molar-refractivity contribution in [3.8, 4) is 11.5 Å². The topological polar surface area (TPSA) is 65.0 Å². The van der Waals surface area contributed by atoms with Crippen LogP contribution >= 0.6 is 11.3 Å². The van der Waals surface area contributed by atoms with Crippen molar-refractivity contribution in [1.82, 2.24) is 0 Å². The Kier molecular flexibility index (Phi) is 3.96. The van der Waals surface area contributed by atoms with E-state index in [1.54, 1.807) is 41.7 Å². The number of thiophene rings is 1. The highest BCUT2D eigenvalue weighted by Crippen LogP contribution is 2.46. The average molecular weight is 392 g/mol. The van der Waals surface area contributed by atoms with Crippen LogP contribution in [0.3, 0.4) is 0 Å². The number of ether oxygens (including phenoxy) is 3. The van der Waals surface area contributed by atoms with E-state index < -0.39 is 11.8 Å². The van der Waals surface area contributed by atoms with Crippen LogP contribution < -0.4 is 9.47 Å². The van der Waals surface area contributed by atoms with Crippen molar-refractivity contribution < 1.29 is 24.1 Å². The largest absolute Gasteiger partial charge is 0.454 e. The number of hydrogen-bond acceptors (Lipinski definition) is 6. The van der Waals surface area contributed by atoms with Crippen LogP contribution in [0, 0.1) is 0 Å². The van der Waals surface area contributed by atoms with Gasteiger partial charge in [-0.2, -0.15) is 0 Å². The number of carbonyl (C=O) groups is 1. The summed E-state index contributed by atoms with van der Waals surface area (Å²) in [5, 5.41) is 13.4. The lowest BCUT2D eigenvalue weighted by molar-refractivity contribution is -0.185. The number of hydrogen-bond donors (Lipinski definition) is 1. The van der Waals surface area contributed by atoms with Gasteiger partial charge in [0, 0.05) is 22.4 Å². The van der Waals surface area contributed by atoms with Gasteiger partial charge < -0.3 is 19.3 Å². The van der Waals surface area contributed by atoms with Crippen LogP contribution in [-0.2, 0) is 21.7 Å². The van der Waals surface area contributed by atoms with Gasteiger partial charge >= 0.3 is 5.97 Å². The van der Waals surface area contributed by atoms with Gasteiger partial charge in [0.1, 0.15) is 0 Å². The van der Waals surface area contributed by atoms with Crippen LogP contribution in [0.1, 0.15) is 16.0 Å². The van der Waals surface area contributed by atoms with Gasteiger partial charge in [-0.1, -0.05) is 42.5 Å². The van der Waals surface area contributed by atoms with Gasteiger partial charge in [-0.3, -0.25) is 0 Å². The number of fused-ring (bicyclic) bond motifs is 1. The predicted octanol–water partition coefficient (Wildman–Crippen LogP) is 3.88. The molecule has 1 aromatic heterocycles. The zero-order valence-corrected chi connectivity index (χ0v) is 15.6. The normalized spacial score (nSPS) is 20.5. The molecule has 3 aromatic rings. The van der Waals surface area contributed by atoms with Crippen LogP contribution in [0.5, 0.6) is 11.5 Å². The van der Waals surface area contributed by atoms with Crippen LogP contribution in [0.15, 0.2) is 71.6 Å². The summed E-state index contributed by atoms with van der Waals surface area (Å²) in [4.78, 5) is 13.9. The molecule has 0 radical (unpaired) electrons. The molecule has 0 fully saturated rings. The Balaban J connectivity index is 1.69. The van der Waals surface area contributed by atoms with Crippen LogP contribution in [0.4, 0.5) is 0 Å². The van der Waals surface area contributed by atoms with Gasteiger partial charge in [0.15, 0.2) is 11.5 Å². The fraction of sp³-hybridized carbons (Fsp3) is 0.136. The molecular formula is C22H16O5S. The fourth-order valence-electron chi connectivity index (χ4n) is 3.58. The highest BCUT2D eigenvalue weighted by Gasteiger charge is 2.48. The van der Waals surface area contributed by atoms with Gasteiger partial charge in [-0.25, -0.2) is 4.79 Å². The Hall–Kier alpha value is -3.09. The fourth-order valence-corrected chi connectivity index (χ4v) is 4.29. The number of cyclic esters (lactones) is 1. The van der Waals surface area contributed by atoms with Crippen molar-refractivity contribution in [2.24, 2.45) is 0 Å². The number of rotatable bonds is 4. The summed E-state index contributed by atoms with van der Waals surface area (Å²) in [6.07, 6.45) is 0.401. The average Bonchev–Trinajstić information content (AvgIpc) is 3.43. The van der Waals surface area contributed by atoms with E-state index in [0.717, 1.165) is 4.88 Å². The Morgan fingerprint density at radius 1 is 1.00 bits per heavy atom. The molecule has 5 rings (SSSR count). The lowest BCUT2D eigenvalue weighted by Crippen LogP contribution is -2.29. The first-order valence-electron chi connectivity index (χ1n) is 8.82. The van der Waals surface area contributed by atoms with Crippen molar-refractivity contribution >= 4 is 22.9 Å². The second-order valence-electron chi connectivity index (χ2n) is 6.58. The number of benzene rings is 2. The van der Waals surface area contributed by atoms with Crippen molar-refractivity contribution in [1.29, 1.82) is 0 Å². The zero-order chi connectivity index (χ0) is 19.1. The van der Waals surface area contributed by atoms with Crippen LogP contribution in [-0.4, -0.2) is 17.9 Å². The molecule has 2 aliphatic rings. The van der Waals surface area contributed by atoms with E-state index in [1.165, 1.54) is 0 Å². The maximum Gasteiger partial charge on any atom is 0.342 e. The van der Waals surface area contributed by atoms with Gasteiger partial charge in [-0.05, 0) is 29.1 Å². The van der Waals surface area contributed by atoms with Crippen molar-refractivity contribution in [2.45, 2.75) is 12.2 Å². The Morgan fingerprint density at radius 2 is 1.82 bits per heavy atom. The molecule has 1 atom stereocenters. The standard InChI is InChI=1S/C22H16O5S/c23-21-20(14-8-9-18-19(11-14)26-13-25-18)17(12-16-7-4-10-28-16)22(24,27-21)15-5-2-1-3-6-15/h1-11,24H,12-13H2. The quantitative estimate of drug-likeness (QED) is 0.683. The molecular weight excluding hydrogens is 376 g/mol. The molecule has 0 amide bonds. The summed E-state index contributed by atoms with van der Waals surface area (Å²) in [6, 6.07) is 18.2. The molecule has 28 heavy (non-hydrogen) atoms. The lowest BCUT2D eigenvalue weighted by atomic mass is 9.90. The summed E-state index contributed by atoms with van der Waals surface area (Å²) >= 11 is 1.57. The first-order valence-corrected chi connectivity index (χ1v) is 9.70. The molecule has 1 unspecified atom stereocenters. The SMILES string of the molecule is O=C1OC(O)(c2ccccc2)C(Cc2cccs2)=C1c1ccc2c(c1)OCO2. The lowest BCUT2D eigenvalue weighted by Gasteiger charge is -2.25. The molecule has 0 saturated carbocycles. The van der Waals surface area contributed by atoms with Crippen molar-refractivity contribution in [3.05, 3.63) is 87.6 Å². The first kappa shape index (κ1) is 17.0. The third kappa shape index (κ3) is 2.69. The minimum Gasteiger partial charge on any atom is -0.454 e. The molecule has 5 nitrogen and oxygen atoms in total. The predicted molar refractivity (Wildman–Crippen MR) is 104 cm³/mol. The second-order valence-corrected chi connectivity index (χ2v) is 7.61. The highest BCUT2D eigenvalue weighted by molar-refractivity contribution is 7.09. The summed E-state index contributed by atoms with van der Waals surface area (Å²) in [5.41, 5.74) is 2.03. The van der Waals surface area contributed by atoms with Gasteiger partial charge in [0.2, 0.25) is 6.79 Å². The third-order valence-corrected chi connectivity index (χ3v) is 5.79. The summed E-state index contributed by atoms with van der Waals surface area (Å²) < 4.78 is 16.4. The molecule has 0 spiro atoms. The Bertz CT molecular complexity index is 1070. The van der Waals surface area contributed by atoms with Gasteiger partial charge in [-0.15, -0.1) is 11.3 Å². The summed E-state index contributed by atoms with van der Waals surface area (Å²) in [5.74, 6) is -1.16. The zero-order valence-electron chi connectivity index (χ0n) is 14.8. The summed E-state index contributed by atoms with van der Waals surface area (Å²) in [7, 11) is 0. The molecule has 2 aromatic carbocycles. The van der Waals surface area contributed by atoms with E-state index in [0.29, 0.717) is 40.2 Å². The molecule has 3 heterocycles. The molecule has 0 bridgehead atoms.